The second-order valence-electron chi connectivity index (χ2n) is 5.13. The van der Waals surface area contributed by atoms with Crippen molar-refractivity contribution in [3.8, 4) is 17.2 Å². The van der Waals surface area contributed by atoms with E-state index in [-0.39, 0.29) is 6.04 Å². The summed E-state index contributed by atoms with van der Waals surface area (Å²) in [6, 6.07) is 13.5. The number of nitrogens with one attached hydrogen (secondary N) is 1. The Kier molecular flexibility index (Phi) is 3.97. The van der Waals surface area contributed by atoms with Gasteiger partial charge in [0.2, 0.25) is 0 Å². The van der Waals surface area contributed by atoms with Crippen molar-refractivity contribution in [1.29, 1.82) is 0 Å². The molecule has 1 heterocycles. The minimum absolute atomic E-state index is 0.153. The van der Waals surface area contributed by atoms with Crippen LogP contribution in [0.25, 0.3) is 0 Å². The number of para-hydroxylation sites is 1. The van der Waals surface area contributed by atoms with Crippen LogP contribution in [0.1, 0.15) is 24.1 Å². The molecule has 4 nitrogen and oxygen atoms in total. The molecule has 0 saturated carbocycles. The summed E-state index contributed by atoms with van der Waals surface area (Å²) in [7, 11) is 0. The fourth-order valence-corrected chi connectivity index (χ4v) is 2.37. The van der Waals surface area contributed by atoms with Gasteiger partial charge in [-0.2, -0.15) is 0 Å². The van der Waals surface area contributed by atoms with Gasteiger partial charge in [-0.25, -0.2) is 0 Å². The van der Waals surface area contributed by atoms with E-state index < -0.39 is 0 Å². The van der Waals surface area contributed by atoms with Gasteiger partial charge in [-0.1, -0.05) is 24.3 Å². The van der Waals surface area contributed by atoms with Gasteiger partial charge in [0.25, 0.3) is 0 Å². The molecule has 2 aromatic rings. The lowest BCUT2D eigenvalue weighted by molar-refractivity contribution is 0.171. The Hall–Kier alpha value is -2.20. The highest BCUT2D eigenvalue weighted by atomic mass is 16.6. The summed E-state index contributed by atoms with van der Waals surface area (Å²) in [5.74, 6) is 1.92. The Labute approximate surface area is 124 Å². The molecule has 0 radical (unpaired) electrons. The molecule has 110 valence electrons. The van der Waals surface area contributed by atoms with Gasteiger partial charge >= 0.3 is 0 Å². The molecule has 1 atom stereocenters. The summed E-state index contributed by atoms with van der Waals surface area (Å²) in [5.41, 5.74) is 2.02. The molecule has 0 fully saturated rings. The van der Waals surface area contributed by atoms with Crippen molar-refractivity contribution >= 4 is 0 Å². The van der Waals surface area contributed by atoms with Gasteiger partial charge in [0.1, 0.15) is 19.0 Å². The maximum absolute atomic E-state index is 9.78. The van der Waals surface area contributed by atoms with Crippen molar-refractivity contribution in [2.75, 3.05) is 13.2 Å². The number of hydrogen-bond donors (Lipinski definition) is 2. The van der Waals surface area contributed by atoms with Crippen LogP contribution in [-0.4, -0.2) is 18.3 Å². The zero-order chi connectivity index (χ0) is 14.7. The zero-order valence-corrected chi connectivity index (χ0v) is 12.0. The predicted molar refractivity (Wildman–Crippen MR) is 80.8 cm³/mol. The van der Waals surface area contributed by atoms with Crippen molar-refractivity contribution < 1.29 is 14.6 Å². The van der Waals surface area contributed by atoms with Crippen LogP contribution in [0.2, 0.25) is 0 Å². The van der Waals surface area contributed by atoms with Crippen LogP contribution in [0.5, 0.6) is 17.2 Å². The second kappa shape index (κ2) is 6.06. The molecule has 1 unspecified atom stereocenters. The average molecular weight is 285 g/mol. The molecule has 2 N–H and O–H groups in total. The van der Waals surface area contributed by atoms with Gasteiger partial charge in [0, 0.05) is 18.2 Å². The number of benzene rings is 2. The van der Waals surface area contributed by atoms with E-state index in [0.717, 1.165) is 22.6 Å². The number of hydrogen-bond acceptors (Lipinski definition) is 4. The lowest BCUT2D eigenvalue weighted by atomic mass is 10.1. The van der Waals surface area contributed by atoms with Crippen LogP contribution in [0.3, 0.4) is 0 Å². The first-order valence-corrected chi connectivity index (χ1v) is 7.14. The first-order chi connectivity index (χ1) is 10.2. The third-order valence-electron chi connectivity index (χ3n) is 3.66. The monoisotopic (exact) mass is 285 g/mol. The minimum atomic E-state index is 0.153. The molecule has 1 aliphatic rings. The Morgan fingerprint density at radius 3 is 2.67 bits per heavy atom. The molecule has 4 heteroatoms. The first kappa shape index (κ1) is 13.8. The lowest BCUT2D eigenvalue weighted by Crippen LogP contribution is -2.19. The second-order valence-corrected chi connectivity index (χ2v) is 5.13. The molecule has 0 spiro atoms. The molecule has 1 aliphatic heterocycles. The zero-order valence-electron chi connectivity index (χ0n) is 12.0. The van der Waals surface area contributed by atoms with Gasteiger partial charge in [-0.05, 0) is 30.7 Å². The Bertz CT molecular complexity index is 627. The van der Waals surface area contributed by atoms with Gasteiger partial charge in [0.05, 0.1) is 0 Å². The van der Waals surface area contributed by atoms with Crippen LogP contribution in [0.4, 0.5) is 0 Å². The van der Waals surface area contributed by atoms with Crippen LogP contribution < -0.4 is 14.8 Å². The average Bonchev–Trinajstić information content (AvgIpc) is 2.53. The number of phenolic OH excluding ortho intramolecular Hbond substituents is 1. The van der Waals surface area contributed by atoms with Crippen molar-refractivity contribution in [2.45, 2.75) is 19.5 Å². The molecular weight excluding hydrogens is 266 g/mol. The van der Waals surface area contributed by atoms with Gasteiger partial charge in [-0.3, -0.25) is 0 Å². The quantitative estimate of drug-likeness (QED) is 0.906. The van der Waals surface area contributed by atoms with Crippen LogP contribution in [0.15, 0.2) is 42.5 Å². The van der Waals surface area contributed by atoms with Crippen molar-refractivity contribution in [3.05, 3.63) is 53.6 Å². The standard InChI is InChI=1S/C17H19NO3/c1-12(18-11-14-4-2-3-5-15(14)19)13-6-7-16-17(10-13)21-9-8-20-16/h2-7,10,12,18-19H,8-9,11H2,1H3. The molecule has 0 saturated heterocycles. The molecule has 2 aromatic carbocycles. The third kappa shape index (κ3) is 3.11. The highest BCUT2D eigenvalue weighted by Gasteiger charge is 2.14. The molecule has 0 bridgehead atoms. The smallest absolute Gasteiger partial charge is 0.161 e. The fourth-order valence-electron chi connectivity index (χ4n) is 2.37. The Morgan fingerprint density at radius 1 is 1.10 bits per heavy atom. The van der Waals surface area contributed by atoms with E-state index in [4.69, 9.17) is 9.47 Å². The molecule has 3 rings (SSSR count). The number of phenols is 1. The number of ether oxygens (including phenoxy) is 2. The highest BCUT2D eigenvalue weighted by Crippen LogP contribution is 2.32. The summed E-state index contributed by atoms with van der Waals surface area (Å²) in [5, 5.41) is 13.2. The van der Waals surface area contributed by atoms with Gasteiger partial charge < -0.3 is 19.9 Å². The van der Waals surface area contributed by atoms with E-state index in [9.17, 15) is 5.11 Å². The fraction of sp³-hybridized carbons (Fsp3) is 0.294. The molecule has 0 aliphatic carbocycles. The molecule has 0 aromatic heterocycles. The van der Waals surface area contributed by atoms with E-state index in [1.54, 1.807) is 6.07 Å². The number of rotatable bonds is 4. The molecule has 21 heavy (non-hydrogen) atoms. The number of aromatic hydroxyl groups is 1. The summed E-state index contributed by atoms with van der Waals surface area (Å²) in [4.78, 5) is 0. The van der Waals surface area contributed by atoms with Crippen molar-refractivity contribution in [2.24, 2.45) is 0 Å². The van der Waals surface area contributed by atoms with Gasteiger partial charge in [0.15, 0.2) is 11.5 Å². The van der Waals surface area contributed by atoms with Gasteiger partial charge in [-0.15, -0.1) is 0 Å². The van der Waals surface area contributed by atoms with E-state index in [1.807, 2.05) is 36.4 Å². The minimum Gasteiger partial charge on any atom is -0.508 e. The number of fused-ring (bicyclic) bond motifs is 1. The summed E-state index contributed by atoms with van der Waals surface area (Å²) < 4.78 is 11.1. The molecule has 0 amide bonds. The summed E-state index contributed by atoms with van der Waals surface area (Å²) >= 11 is 0. The van der Waals surface area contributed by atoms with Crippen molar-refractivity contribution in [3.63, 3.8) is 0 Å². The maximum atomic E-state index is 9.78. The first-order valence-electron chi connectivity index (χ1n) is 7.14. The van der Waals surface area contributed by atoms with Crippen LogP contribution >= 0.6 is 0 Å². The summed E-state index contributed by atoms with van der Waals surface area (Å²) in [6.07, 6.45) is 0. The Morgan fingerprint density at radius 2 is 1.86 bits per heavy atom. The summed E-state index contributed by atoms with van der Waals surface area (Å²) in [6.45, 7) is 3.90. The van der Waals surface area contributed by atoms with E-state index in [0.29, 0.717) is 25.5 Å². The topological polar surface area (TPSA) is 50.7 Å². The highest BCUT2D eigenvalue weighted by molar-refractivity contribution is 5.44. The third-order valence-corrected chi connectivity index (χ3v) is 3.66. The van der Waals surface area contributed by atoms with E-state index in [1.165, 1.54) is 0 Å². The maximum Gasteiger partial charge on any atom is 0.161 e. The van der Waals surface area contributed by atoms with Crippen molar-refractivity contribution in [1.82, 2.24) is 5.32 Å². The largest absolute Gasteiger partial charge is 0.508 e. The van der Waals surface area contributed by atoms with Crippen LogP contribution in [0, 0.1) is 0 Å². The SMILES string of the molecule is CC(NCc1ccccc1O)c1ccc2c(c1)OCCO2. The van der Waals surface area contributed by atoms with E-state index in [2.05, 4.69) is 12.2 Å². The molecular formula is C17H19NO3. The normalized spacial score (nSPS) is 14.7. The lowest BCUT2D eigenvalue weighted by Gasteiger charge is -2.21. The Balaban J connectivity index is 1.68. The van der Waals surface area contributed by atoms with Crippen LogP contribution in [-0.2, 0) is 6.54 Å². The van der Waals surface area contributed by atoms with E-state index >= 15 is 0 Å². The predicted octanol–water partition coefficient (Wildman–Crippen LogP) is 3.01.